The number of nitrogens with one attached hydrogen (secondary N) is 1. The number of hydrogen-bond acceptors (Lipinski definition) is 3. The predicted molar refractivity (Wildman–Crippen MR) is 122 cm³/mol. The van der Waals surface area contributed by atoms with Crippen LogP contribution < -0.4 is 20.1 Å². The van der Waals surface area contributed by atoms with Crippen molar-refractivity contribution in [2.75, 3.05) is 18.5 Å². The fraction of sp³-hybridized carbons (Fsp3) is 0.269. The number of aryl methyl sites for hydroxylation is 2. The molecule has 0 fully saturated rings. The number of rotatable bonds is 6. The molecule has 160 valence electrons. The van der Waals surface area contributed by atoms with Gasteiger partial charge in [0, 0.05) is 16.8 Å². The number of quaternary nitrogens is 1. The Morgan fingerprint density at radius 3 is 2.42 bits per heavy atom. The van der Waals surface area contributed by atoms with E-state index in [0.717, 1.165) is 39.4 Å². The van der Waals surface area contributed by atoms with Crippen LogP contribution in [0.1, 0.15) is 41.3 Å². The Kier molecular flexibility index (Phi) is 6.23. The molecule has 3 aromatic rings. The van der Waals surface area contributed by atoms with E-state index in [1.54, 1.807) is 0 Å². The first kappa shape index (κ1) is 20.9. The van der Waals surface area contributed by atoms with Gasteiger partial charge < -0.3 is 20.1 Å². The molecule has 0 bridgehead atoms. The second-order valence-corrected chi connectivity index (χ2v) is 8.08. The smallest absolute Gasteiger partial charge is 0.287 e. The first-order valence-corrected chi connectivity index (χ1v) is 10.7. The summed E-state index contributed by atoms with van der Waals surface area (Å²) in [5, 5.41) is 5.24. The standard InChI is InChI=1S/C26H28N2O3/c1-17-9-10-18(2)22(15-17)28-26(29)25(20-7-5-4-6-8-20)27-19(3)21-11-12-23-24(16-21)31-14-13-30-23/h4-12,15-16,19,25,27H,13-14H2,1-3H3,(H,28,29)/p+1/t19-,25-/m0/s1. The Hall–Kier alpha value is -3.31. The molecule has 1 amide bonds. The summed E-state index contributed by atoms with van der Waals surface area (Å²) in [5.74, 6) is 1.50. The predicted octanol–water partition coefficient (Wildman–Crippen LogP) is 4.08. The molecule has 4 rings (SSSR count). The second kappa shape index (κ2) is 9.23. The highest BCUT2D eigenvalue weighted by atomic mass is 16.6. The number of fused-ring (bicyclic) bond motifs is 1. The number of ether oxygens (including phenoxy) is 2. The van der Waals surface area contributed by atoms with Gasteiger partial charge >= 0.3 is 0 Å². The average molecular weight is 418 g/mol. The largest absolute Gasteiger partial charge is 0.486 e. The van der Waals surface area contributed by atoms with Crippen LogP contribution in [0.25, 0.3) is 0 Å². The number of carbonyl (C=O) groups excluding carboxylic acids is 1. The van der Waals surface area contributed by atoms with Gasteiger partial charge in [-0.3, -0.25) is 4.79 Å². The first-order chi connectivity index (χ1) is 15.0. The highest BCUT2D eigenvalue weighted by Crippen LogP contribution is 2.32. The zero-order chi connectivity index (χ0) is 21.8. The number of anilines is 1. The lowest BCUT2D eigenvalue weighted by Crippen LogP contribution is -2.87. The molecule has 31 heavy (non-hydrogen) atoms. The quantitative estimate of drug-likeness (QED) is 0.635. The Balaban J connectivity index is 1.58. The third-order valence-corrected chi connectivity index (χ3v) is 5.67. The summed E-state index contributed by atoms with van der Waals surface area (Å²) in [6.45, 7) is 7.27. The molecular formula is C26H29N2O3+. The van der Waals surface area contributed by atoms with Gasteiger partial charge in [-0.15, -0.1) is 0 Å². The molecule has 5 heteroatoms. The van der Waals surface area contributed by atoms with Crippen molar-refractivity contribution in [3.05, 3.63) is 89.0 Å². The van der Waals surface area contributed by atoms with E-state index in [-0.39, 0.29) is 18.0 Å². The van der Waals surface area contributed by atoms with E-state index in [2.05, 4.69) is 23.6 Å². The van der Waals surface area contributed by atoms with Gasteiger partial charge in [0.25, 0.3) is 5.91 Å². The van der Waals surface area contributed by atoms with Crippen molar-refractivity contribution in [1.29, 1.82) is 0 Å². The lowest BCUT2D eigenvalue weighted by atomic mass is 10.0. The molecule has 5 nitrogen and oxygen atoms in total. The van der Waals surface area contributed by atoms with E-state index in [9.17, 15) is 4.79 Å². The van der Waals surface area contributed by atoms with Crippen LogP contribution in [0.3, 0.4) is 0 Å². The zero-order valence-corrected chi connectivity index (χ0v) is 18.2. The highest BCUT2D eigenvalue weighted by molar-refractivity contribution is 5.95. The molecule has 0 aromatic heterocycles. The molecule has 0 aliphatic carbocycles. The summed E-state index contributed by atoms with van der Waals surface area (Å²) in [6, 6.07) is 21.7. The third-order valence-electron chi connectivity index (χ3n) is 5.67. The van der Waals surface area contributed by atoms with Gasteiger partial charge in [0.15, 0.2) is 17.5 Å². The van der Waals surface area contributed by atoms with Crippen LogP contribution in [0.5, 0.6) is 11.5 Å². The van der Waals surface area contributed by atoms with E-state index in [4.69, 9.17) is 9.47 Å². The van der Waals surface area contributed by atoms with Crippen LogP contribution in [0.4, 0.5) is 5.69 Å². The first-order valence-electron chi connectivity index (χ1n) is 10.7. The van der Waals surface area contributed by atoms with Crippen LogP contribution in [-0.4, -0.2) is 19.1 Å². The maximum atomic E-state index is 13.4. The Bertz CT molecular complexity index is 1070. The van der Waals surface area contributed by atoms with Crippen molar-refractivity contribution >= 4 is 11.6 Å². The van der Waals surface area contributed by atoms with Crippen LogP contribution >= 0.6 is 0 Å². The molecule has 0 unspecified atom stereocenters. The fourth-order valence-electron chi connectivity index (χ4n) is 3.83. The van der Waals surface area contributed by atoms with Gasteiger partial charge in [-0.05, 0) is 56.2 Å². The van der Waals surface area contributed by atoms with Crippen molar-refractivity contribution in [3.63, 3.8) is 0 Å². The molecular weight excluding hydrogens is 388 g/mol. The maximum absolute atomic E-state index is 13.4. The Morgan fingerprint density at radius 2 is 1.65 bits per heavy atom. The molecule has 1 heterocycles. The van der Waals surface area contributed by atoms with E-state index in [1.807, 2.05) is 74.5 Å². The van der Waals surface area contributed by atoms with Gasteiger partial charge in [-0.25, -0.2) is 0 Å². The monoisotopic (exact) mass is 417 g/mol. The number of benzene rings is 3. The van der Waals surface area contributed by atoms with E-state index < -0.39 is 0 Å². The van der Waals surface area contributed by atoms with E-state index in [0.29, 0.717) is 13.2 Å². The van der Waals surface area contributed by atoms with Crippen molar-refractivity contribution in [2.45, 2.75) is 32.9 Å². The van der Waals surface area contributed by atoms with Crippen LogP contribution in [0.15, 0.2) is 66.7 Å². The Labute approximate surface area is 183 Å². The summed E-state index contributed by atoms with van der Waals surface area (Å²) in [7, 11) is 0. The molecule has 0 saturated carbocycles. The number of hydrogen-bond donors (Lipinski definition) is 2. The SMILES string of the molecule is Cc1ccc(C)c(NC(=O)[C@@H]([NH2+][C@@H](C)c2ccc3c(c2)OCCO3)c2ccccc2)c1. The summed E-state index contributed by atoms with van der Waals surface area (Å²) < 4.78 is 11.4. The van der Waals surface area contributed by atoms with Gasteiger partial charge in [-0.1, -0.05) is 42.5 Å². The lowest BCUT2D eigenvalue weighted by molar-refractivity contribution is -0.718. The number of carbonyl (C=O) groups is 1. The molecule has 1 aliphatic rings. The highest BCUT2D eigenvalue weighted by Gasteiger charge is 2.28. The van der Waals surface area contributed by atoms with Crippen molar-refractivity contribution in [2.24, 2.45) is 0 Å². The molecule has 3 aromatic carbocycles. The molecule has 0 saturated heterocycles. The normalized spacial score (nSPS) is 14.5. The van der Waals surface area contributed by atoms with Crippen molar-refractivity contribution in [1.82, 2.24) is 0 Å². The molecule has 0 spiro atoms. The fourth-order valence-corrected chi connectivity index (χ4v) is 3.83. The minimum Gasteiger partial charge on any atom is -0.486 e. The molecule has 0 radical (unpaired) electrons. The van der Waals surface area contributed by atoms with Gasteiger partial charge in [0.2, 0.25) is 0 Å². The number of amides is 1. The van der Waals surface area contributed by atoms with Gasteiger partial charge in [-0.2, -0.15) is 0 Å². The topological polar surface area (TPSA) is 64.2 Å². The zero-order valence-electron chi connectivity index (χ0n) is 18.2. The van der Waals surface area contributed by atoms with Crippen LogP contribution in [0.2, 0.25) is 0 Å². The Morgan fingerprint density at radius 1 is 0.903 bits per heavy atom. The van der Waals surface area contributed by atoms with Crippen LogP contribution in [0, 0.1) is 13.8 Å². The summed E-state index contributed by atoms with van der Waals surface area (Å²) in [4.78, 5) is 13.4. The molecule has 3 N–H and O–H groups in total. The van der Waals surface area contributed by atoms with Gasteiger partial charge in [0.05, 0.1) is 0 Å². The molecule has 2 atom stereocenters. The number of nitrogens with two attached hydrogens (primary N) is 1. The van der Waals surface area contributed by atoms with Crippen molar-refractivity contribution in [3.8, 4) is 11.5 Å². The van der Waals surface area contributed by atoms with Gasteiger partial charge in [0.1, 0.15) is 19.3 Å². The maximum Gasteiger partial charge on any atom is 0.287 e. The summed E-state index contributed by atoms with van der Waals surface area (Å²) >= 11 is 0. The van der Waals surface area contributed by atoms with E-state index >= 15 is 0 Å². The lowest BCUT2D eigenvalue weighted by Gasteiger charge is -2.23. The minimum absolute atomic E-state index is 0.0377. The molecule has 1 aliphatic heterocycles. The summed E-state index contributed by atoms with van der Waals surface area (Å²) in [5.41, 5.74) is 5.07. The second-order valence-electron chi connectivity index (χ2n) is 8.08. The summed E-state index contributed by atoms with van der Waals surface area (Å²) in [6.07, 6.45) is 0. The van der Waals surface area contributed by atoms with Crippen LogP contribution in [-0.2, 0) is 4.79 Å². The third kappa shape index (κ3) is 4.89. The average Bonchev–Trinajstić information content (AvgIpc) is 2.80. The van der Waals surface area contributed by atoms with Crippen molar-refractivity contribution < 1.29 is 19.6 Å². The minimum atomic E-state index is -0.385. The van der Waals surface area contributed by atoms with E-state index in [1.165, 1.54) is 0 Å².